The molecule has 0 bridgehead atoms. The number of rotatable bonds is 3. The summed E-state index contributed by atoms with van der Waals surface area (Å²) >= 11 is 2.13. The maximum absolute atomic E-state index is 11.6. The van der Waals surface area contributed by atoms with Gasteiger partial charge in [-0.2, -0.15) is 5.10 Å². The van der Waals surface area contributed by atoms with Gasteiger partial charge in [0.1, 0.15) is 0 Å². The molecule has 3 rings (SSSR count). The van der Waals surface area contributed by atoms with E-state index in [0.717, 1.165) is 34.0 Å². The van der Waals surface area contributed by atoms with Crippen LogP contribution in [-0.2, 0) is 4.74 Å². The fourth-order valence-electron chi connectivity index (χ4n) is 2.26. The first kappa shape index (κ1) is 14.2. The second-order valence-electron chi connectivity index (χ2n) is 4.89. The third-order valence-corrected chi connectivity index (χ3v) is 4.56. The summed E-state index contributed by atoms with van der Waals surface area (Å²) in [5.74, 6) is 0.626. The van der Waals surface area contributed by atoms with Crippen molar-refractivity contribution in [1.82, 2.24) is 20.2 Å². The van der Waals surface area contributed by atoms with Crippen LogP contribution in [0.25, 0.3) is 0 Å². The van der Waals surface area contributed by atoms with Gasteiger partial charge >= 0.3 is 5.97 Å². The van der Waals surface area contributed by atoms with Gasteiger partial charge in [-0.05, 0) is 35.6 Å². The average Bonchev–Trinajstić information content (AvgIpc) is 2.79. The number of carbonyl (C=O) groups excluding carboxylic acids is 1. The molecule has 21 heavy (non-hydrogen) atoms. The maximum atomic E-state index is 11.6. The van der Waals surface area contributed by atoms with Crippen LogP contribution in [0.4, 0.5) is 5.95 Å². The molecule has 2 aromatic heterocycles. The Bertz CT molecular complexity index is 681. The van der Waals surface area contributed by atoms with Crippen molar-refractivity contribution < 1.29 is 9.53 Å². The number of ether oxygens (including phenoxy) is 1. The molecule has 1 N–H and O–H groups in total. The van der Waals surface area contributed by atoms with Gasteiger partial charge in [0.15, 0.2) is 5.69 Å². The van der Waals surface area contributed by atoms with Gasteiger partial charge in [0.05, 0.1) is 16.4 Å². The predicted molar refractivity (Wildman–Crippen MR) is 84.4 cm³/mol. The molecule has 1 fully saturated rings. The summed E-state index contributed by atoms with van der Waals surface area (Å²) in [5, 5.41) is 6.99. The van der Waals surface area contributed by atoms with Gasteiger partial charge in [0.25, 0.3) is 0 Å². The number of anilines is 1. The number of aromatic nitrogens is 4. The summed E-state index contributed by atoms with van der Waals surface area (Å²) in [6.45, 7) is 3.56. The van der Waals surface area contributed by atoms with Crippen molar-refractivity contribution in [2.45, 2.75) is 12.8 Å². The van der Waals surface area contributed by atoms with Gasteiger partial charge in [-0.3, -0.25) is 5.10 Å². The van der Waals surface area contributed by atoms with Gasteiger partial charge in [0.2, 0.25) is 5.95 Å². The highest BCUT2D eigenvalue weighted by atomic mass is 127. The van der Waals surface area contributed by atoms with Crippen molar-refractivity contribution in [2.24, 2.45) is 0 Å². The van der Waals surface area contributed by atoms with Crippen LogP contribution < -0.4 is 4.90 Å². The fraction of sp³-hybridized carbons (Fsp3) is 0.385. The number of nitrogens with zero attached hydrogens (tertiary/aromatic N) is 4. The molecule has 0 aromatic carbocycles. The van der Waals surface area contributed by atoms with Crippen molar-refractivity contribution in [3.8, 4) is 0 Å². The van der Waals surface area contributed by atoms with Gasteiger partial charge < -0.3 is 9.64 Å². The van der Waals surface area contributed by atoms with E-state index in [1.54, 1.807) is 6.20 Å². The van der Waals surface area contributed by atoms with Crippen LogP contribution in [0, 0.1) is 10.5 Å². The summed E-state index contributed by atoms with van der Waals surface area (Å²) < 4.78 is 5.54. The Morgan fingerprint density at radius 1 is 1.52 bits per heavy atom. The minimum absolute atomic E-state index is 0.298. The first-order valence-corrected chi connectivity index (χ1v) is 7.54. The highest BCUT2D eigenvalue weighted by Gasteiger charge is 2.34. The van der Waals surface area contributed by atoms with E-state index < -0.39 is 5.97 Å². The zero-order valence-corrected chi connectivity index (χ0v) is 13.8. The number of esters is 1. The summed E-state index contributed by atoms with van der Waals surface area (Å²) in [7, 11) is 1.35. The molecule has 0 saturated carbocycles. The van der Waals surface area contributed by atoms with E-state index in [1.165, 1.54) is 7.11 Å². The minimum Gasteiger partial charge on any atom is -0.464 e. The lowest BCUT2D eigenvalue weighted by Gasteiger charge is -2.38. The van der Waals surface area contributed by atoms with Crippen molar-refractivity contribution in [3.63, 3.8) is 0 Å². The number of aromatic amines is 1. The first-order chi connectivity index (χ1) is 10.1. The summed E-state index contributed by atoms with van der Waals surface area (Å²) in [6, 6.07) is 1.88. The molecule has 1 aliphatic heterocycles. The van der Waals surface area contributed by atoms with E-state index in [0.29, 0.717) is 11.6 Å². The first-order valence-electron chi connectivity index (χ1n) is 6.46. The van der Waals surface area contributed by atoms with E-state index in [9.17, 15) is 4.79 Å². The molecule has 1 saturated heterocycles. The predicted octanol–water partition coefficient (Wildman–Crippen LogP) is 1.50. The fourth-order valence-corrected chi connectivity index (χ4v) is 3.16. The zero-order chi connectivity index (χ0) is 15.0. The highest BCUT2D eigenvalue weighted by molar-refractivity contribution is 14.1. The molecular weight excluding hydrogens is 385 g/mol. The molecule has 0 atom stereocenters. The zero-order valence-electron chi connectivity index (χ0n) is 11.6. The number of methoxy groups -OCH3 is 1. The Labute approximate surface area is 135 Å². The SMILES string of the molecule is COC(=O)c1n[nH]c(C2CN(c3nccc(C)n3)C2)c1I. The number of halogens is 1. The van der Waals surface area contributed by atoms with Gasteiger partial charge in [0, 0.05) is 30.9 Å². The Hall–Kier alpha value is -1.71. The second-order valence-corrected chi connectivity index (χ2v) is 5.97. The van der Waals surface area contributed by atoms with E-state index in [1.807, 2.05) is 13.0 Å². The molecule has 0 spiro atoms. The quantitative estimate of drug-likeness (QED) is 0.622. The number of hydrogen-bond acceptors (Lipinski definition) is 6. The molecule has 0 aliphatic carbocycles. The number of aryl methyl sites for hydroxylation is 1. The van der Waals surface area contributed by atoms with Crippen molar-refractivity contribution in [2.75, 3.05) is 25.1 Å². The lowest BCUT2D eigenvalue weighted by atomic mass is 9.96. The van der Waals surface area contributed by atoms with Crippen LogP contribution in [0.1, 0.15) is 27.8 Å². The van der Waals surface area contributed by atoms with E-state index >= 15 is 0 Å². The third kappa shape index (κ3) is 2.59. The van der Waals surface area contributed by atoms with E-state index in [-0.39, 0.29) is 0 Å². The molecule has 0 amide bonds. The molecule has 110 valence electrons. The molecule has 0 radical (unpaired) electrons. The second kappa shape index (κ2) is 5.58. The van der Waals surface area contributed by atoms with Crippen LogP contribution >= 0.6 is 22.6 Å². The Morgan fingerprint density at radius 2 is 2.29 bits per heavy atom. The van der Waals surface area contributed by atoms with Crippen molar-refractivity contribution in [1.29, 1.82) is 0 Å². The maximum Gasteiger partial charge on any atom is 0.359 e. The molecular formula is C13H14IN5O2. The minimum atomic E-state index is -0.417. The summed E-state index contributed by atoms with van der Waals surface area (Å²) in [4.78, 5) is 22.3. The average molecular weight is 399 g/mol. The van der Waals surface area contributed by atoms with Gasteiger partial charge in [-0.25, -0.2) is 14.8 Å². The summed E-state index contributed by atoms with van der Waals surface area (Å²) in [6.07, 6.45) is 1.76. The van der Waals surface area contributed by atoms with Crippen LogP contribution in [0.15, 0.2) is 12.3 Å². The van der Waals surface area contributed by atoms with E-state index in [4.69, 9.17) is 4.74 Å². The largest absolute Gasteiger partial charge is 0.464 e. The van der Waals surface area contributed by atoms with Gasteiger partial charge in [-0.15, -0.1) is 0 Å². The molecule has 3 heterocycles. The lowest BCUT2D eigenvalue weighted by molar-refractivity contribution is 0.0592. The van der Waals surface area contributed by atoms with Crippen LogP contribution in [0.2, 0.25) is 0 Å². The summed E-state index contributed by atoms with van der Waals surface area (Å²) in [5.41, 5.74) is 2.27. The van der Waals surface area contributed by atoms with E-state index in [2.05, 4.69) is 47.7 Å². The van der Waals surface area contributed by atoms with Crippen LogP contribution in [-0.4, -0.2) is 46.3 Å². The van der Waals surface area contributed by atoms with Crippen LogP contribution in [0.5, 0.6) is 0 Å². The molecule has 2 aromatic rings. The van der Waals surface area contributed by atoms with Crippen LogP contribution in [0.3, 0.4) is 0 Å². The number of carbonyl (C=O) groups is 1. The molecule has 1 aliphatic rings. The lowest BCUT2D eigenvalue weighted by Crippen LogP contribution is -2.46. The Morgan fingerprint density at radius 3 is 2.95 bits per heavy atom. The topological polar surface area (TPSA) is 84.0 Å². The van der Waals surface area contributed by atoms with Gasteiger partial charge in [-0.1, -0.05) is 0 Å². The number of nitrogens with one attached hydrogen (secondary N) is 1. The number of H-pyrrole nitrogens is 1. The van der Waals surface area contributed by atoms with Crippen molar-refractivity contribution >= 4 is 34.5 Å². The Balaban J connectivity index is 1.72. The smallest absolute Gasteiger partial charge is 0.359 e. The normalized spacial score (nSPS) is 14.9. The highest BCUT2D eigenvalue weighted by Crippen LogP contribution is 2.32. The van der Waals surface area contributed by atoms with Crippen molar-refractivity contribution in [3.05, 3.63) is 32.9 Å². The standard InChI is InChI=1S/C13H14IN5O2/c1-7-3-4-15-13(16-7)19-5-8(6-19)10-9(14)11(18-17-10)12(20)21-2/h3-4,8H,5-6H2,1-2H3,(H,17,18). The molecule has 8 heteroatoms. The third-order valence-electron chi connectivity index (χ3n) is 3.47. The molecule has 0 unspecified atom stereocenters. The monoisotopic (exact) mass is 399 g/mol. The Kier molecular flexibility index (Phi) is 3.79. The number of hydrogen-bond donors (Lipinski definition) is 1. The molecule has 7 nitrogen and oxygen atoms in total.